The number of hydrogen-bond acceptors (Lipinski definition) is 2. The zero-order valence-corrected chi connectivity index (χ0v) is 31.3. The Labute approximate surface area is 326 Å². The van der Waals surface area contributed by atoms with E-state index in [2.05, 4.69) is 217 Å². The van der Waals surface area contributed by atoms with Crippen LogP contribution in [0.5, 0.6) is 0 Å². The molecule has 2 heterocycles. The molecule has 10 aromatic rings. The van der Waals surface area contributed by atoms with Gasteiger partial charge in [-0.15, -0.1) is 0 Å². The summed E-state index contributed by atoms with van der Waals surface area (Å²) in [6, 6.07) is 68.7. The van der Waals surface area contributed by atoms with E-state index in [9.17, 15) is 0 Å². The highest BCUT2D eigenvalue weighted by atomic mass is 15.1. The third-order valence-corrected chi connectivity index (χ3v) is 10.8. The summed E-state index contributed by atoms with van der Waals surface area (Å²) in [7, 11) is 0. The van der Waals surface area contributed by atoms with Gasteiger partial charge in [0.15, 0.2) is 0 Å². The van der Waals surface area contributed by atoms with Gasteiger partial charge in [-0.2, -0.15) is 0 Å². The first-order valence-corrected chi connectivity index (χ1v) is 19.1. The van der Waals surface area contributed by atoms with Gasteiger partial charge in [-0.05, 0) is 95.8 Å². The van der Waals surface area contributed by atoms with Crippen molar-refractivity contribution in [2.75, 3.05) is 0 Å². The van der Waals surface area contributed by atoms with E-state index >= 15 is 0 Å². The second-order valence-electron chi connectivity index (χ2n) is 14.3. The number of aromatic nitrogens is 4. The fourth-order valence-electron chi connectivity index (χ4n) is 8.20. The average Bonchev–Trinajstić information content (AvgIpc) is 3.84. The van der Waals surface area contributed by atoms with Crippen LogP contribution in [0, 0.1) is 13.8 Å². The Hall–Kier alpha value is -7.30. The van der Waals surface area contributed by atoms with Crippen molar-refractivity contribution in [3.63, 3.8) is 0 Å². The molecule has 2 aromatic heterocycles. The quantitative estimate of drug-likeness (QED) is 0.164. The summed E-state index contributed by atoms with van der Waals surface area (Å²) in [5, 5.41) is 0. The minimum atomic E-state index is 0.922. The highest BCUT2D eigenvalue weighted by molar-refractivity contribution is 5.89. The topological polar surface area (TPSA) is 35.6 Å². The van der Waals surface area contributed by atoms with Crippen LogP contribution in [0.4, 0.5) is 0 Å². The fraction of sp³-hybridized carbons (Fsp3) is 0.0385. The fourth-order valence-corrected chi connectivity index (χ4v) is 8.20. The maximum atomic E-state index is 5.23. The molecule has 8 aromatic carbocycles. The van der Waals surface area contributed by atoms with Crippen LogP contribution in [0.1, 0.15) is 11.1 Å². The standard InChI is InChI=1S/C52H38N4/c1-35-33-39(51-53-45-23-11-15-27-49(45)55(51)47-25-13-9-21-43(47)37-17-5-3-6-18-37)29-31-41(35)42-32-30-40(34-36(42)2)52-54-46-24-12-16-28-50(46)56(52)48-26-14-10-22-44(48)38-19-7-4-8-20-38/h3-34H,1-2H3. The maximum Gasteiger partial charge on any atom is 0.145 e. The molecule has 266 valence electrons. The molecule has 0 amide bonds. The number of rotatable bonds is 7. The van der Waals surface area contributed by atoms with Gasteiger partial charge in [0.2, 0.25) is 0 Å². The lowest BCUT2D eigenvalue weighted by atomic mass is 9.93. The molecule has 0 bridgehead atoms. The number of para-hydroxylation sites is 6. The maximum absolute atomic E-state index is 5.23. The number of hydrogen-bond donors (Lipinski definition) is 0. The van der Waals surface area contributed by atoms with Crippen LogP contribution in [0.3, 0.4) is 0 Å². The first kappa shape index (κ1) is 33.3. The third kappa shape index (κ3) is 5.71. The Morgan fingerprint density at radius 2 is 0.696 bits per heavy atom. The summed E-state index contributed by atoms with van der Waals surface area (Å²) in [4.78, 5) is 10.5. The Morgan fingerprint density at radius 1 is 0.321 bits per heavy atom. The second kappa shape index (κ2) is 13.8. The van der Waals surface area contributed by atoms with Crippen LogP contribution in [-0.2, 0) is 0 Å². The van der Waals surface area contributed by atoms with Gasteiger partial charge in [-0.1, -0.05) is 146 Å². The van der Waals surface area contributed by atoms with Crippen molar-refractivity contribution in [1.82, 2.24) is 19.1 Å². The van der Waals surface area contributed by atoms with E-state index in [0.717, 1.165) is 56.2 Å². The molecule has 10 rings (SSSR count). The molecule has 0 aliphatic heterocycles. The van der Waals surface area contributed by atoms with E-state index in [-0.39, 0.29) is 0 Å². The molecule has 4 nitrogen and oxygen atoms in total. The van der Waals surface area contributed by atoms with E-state index in [4.69, 9.17) is 9.97 Å². The molecular formula is C52H38N4. The molecule has 0 atom stereocenters. The molecule has 0 saturated carbocycles. The molecule has 0 N–H and O–H groups in total. The number of aryl methyl sites for hydroxylation is 2. The van der Waals surface area contributed by atoms with Crippen molar-refractivity contribution in [3.05, 3.63) is 205 Å². The lowest BCUT2D eigenvalue weighted by Crippen LogP contribution is -2.01. The van der Waals surface area contributed by atoms with Gasteiger partial charge < -0.3 is 0 Å². The minimum absolute atomic E-state index is 0.922. The van der Waals surface area contributed by atoms with E-state index in [1.807, 2.05) is 0 Å². The molecule has 0 saturated heterocycles. The van der Waals surface area contributed by atoms with E-state index < -0.39 is 0 Å². The van der Waals surface area contributed by atoms with Crippen LogP contribution in [0.2, 0.25) is 0 Å². The summed E-state index contributed by atoms with van der Waals surface area (Å²) >= 11 is 0. The second-order valence-corrected chi connectivity index (χ2v) is 14.3. The zero-order valence-electron chi connectivity index (χ0n) is 31.3. The SMILES string of the molecule is Cc1cc(-c2nc3ccccc3n2-c2ccccc2-c2ccccc2)ccc1-c1ccc(-c2nc3ccccc3n2-c2ccccc2-c2ccccc2)cc1C. The van der Waals surface area contributed by atoms with Gasteiger partial charge in [0.25, 0.3) is 0 Å². The molecule has 56 heavy (non-hydrogen) atoms. The number of fused-ring (bicyclic) bond motifs is 2. The molecule has 0 aliphatic rings. The Bertz CT molecular complexity index is 2830. The van der Waals surface area contributed by atoms with Crippen molar-refractivity contribution in [3.8, 4) is 67.5 Å². The lowest BCUT2D eigenvalue weighted by Gasteiger charge is -2.17. The molecule has 0 spiro atoms. The average molecular weight is 719 g/mol. The minimum Gasteiger partial charge on any atom is -0.292 e. The molecule has 4 heteroatoms. The van der Waals surface area contributed by atoms with E-state index in [0.29, 0.717) is 0 Å². The first-order valence-electron chi connectivity index (χ1n) is 19.1. The predicted molar refractivity (Wildman–Crippen MR) is 232 cm³/mol. The molecule has 0 radical (unpaired) electrons. The predicted octanol–water partition coefficient (Wildman–Crippen LogP) is 13.3. The van der Waals surface area contributed by atoms with Gasteiger partial charge in [0.05, 0.1) is 33.4 Å². The lowest BCUT2D eigenvalue weighted by molar-refractivity contribution is 1.10. The third-order valence-electron chi connectivity index (χ3n) is 10.8. The van der Waals surface area contributed by atoms with Crippen molar-refractivity contribution in [2.24, 2.45) is 0 Å². The molecule has 0 aliphatic carbocycles. The van der Waals surface area contributed by atoms with Gasteiger partial charge in [0, 0.05) is 22.3 Å². The van der Waals surface area contributed by atoms with Crippen molar-refractivity contribution >= 4 is 22.1 Å². The van der Waals surface area contributed by atoms with Crippen LogP contribution in [-0.4, -0.2) is 19.1 Å². The van der Waals surface area contributed by atoms with Gasteiger partial charge in [0.1, 0.15) is 11.6 Å². The van der Waals surface area contributed by atoms with Crippen LogP contribution < -0.4 is 0 Å². The van der Waals surface area contributed by atoms with Gasteiger partial charge in [-0.3, -0.25) is 9.13 Å². The normalized spacial score (nSPS) is 11.4. The Kier molecular flexibility index (Phi) is 8.23. The van der Waals surface area contributed by atoms with E-state index in [1.165, 1.54) is 44.5 Å². The zero-order chi connectivity index (χ0) is 37.6. The summed E-state index contributed by atoms with van der Waals surface area (Å²) in [5.41, 5.74) is 17.9. The van der Waals surface area contributed by atoms with E-state index in [1.54, 1.807) is 0 Å². The van der Waals surface area contributed by atoms with Gasteiger partial charge in [-0.25, -0.2) is 9.97 Å². The molecule has 0 fully saturated rings. The highest BCUT2D eigenvalue weighted by Gasteiger charge is 2.20. The summed E-state index contributed by atoms with van der Waals surface area (Å²) in [5.74, 6) is 1.84. The summed E-state index contributed by atoms with van der Waals surface area (Å²) in [6.07, 6.45) is 0. The Morgan fingerprint density at radius 3 is 1.12 bits per heavy atom. The van der Waals surface area contributed by atoms with Crippen LogP contribution >= 0.6 is 0 Å². The van der Waals surface area contributed by atoms with Gasteiger partial charge >= 0.3 is 0 Å². The summed E-state index contributed by atoms with van der Waals surface area (Å²) in [6.45, 7) is 4.41. The van der Waals surface area contributed by atoms with Crippen LogP contribution in [0.15, 0.2) is 194 Å². The highest BCUT2D eigenvalue weighted by Crippen LogP contribution is 2.39. The molecular weight excluding hydrogens is 681 g/mol. The number of benzene rings is 8. The molecule has 0 unspecified atom stereocenters. The van der Waals surface area contributed by atoms with Crippen molar-refractivity contribution < 1.29 is 0 Å². The Balaban J connectivity index is 1.06. The van der Waals surface area contributed by atoms with Crippen molar-refractivity contribution in [2.45, 2.75) is 13.8 Å². The number of imidazole rings is 2. The van der Waals surface area contributed by atoms with Crippen LogP contribution in [0.25, 0.3) is 89.6 Å². The smallest absolute Gasteiger partial charge is 0.145 e. The summed E-state index contributed by atoms with van der Waals surface area (Å²) < 4.78 is 4.63. The monoisotopic (exact) mass is 718 g/mol. The largest absolute Gasteiger partial charge is 0.292 e. The number of nitrogens with zero attached hydrogens (tertiary/aromatic N) is 4. The first-order chi connectivity index (χ1) is 27.6. The van der Waals surface area contributed by atoms with Crippen molar-refractivity contribution in [1.29, 1.82) is 0 Å².